The first-order valence-electron chi connectivity index (χ1n) is 4.31. The third-order valence-electron chi connectivity index (χ3n) is 2.82. The normalized spacial score (nSPS) is 39.6. The third kappa shape index (κ3) is 1.57. The number of ketones is 1. The van der Waals surface area contributed by atoms with Gasteiger partial charge in [-0.1, -0.05) is 0 Å². The summed E-state index contributed by atoms with van der Waals surface area (Å²) in [6.07, 6.45) is -3.78. The van der Waals surface area contributed by atoms with Crippen molar-refractivity contribution >= 4 is 5.78 Å². The van der Waals surface area contributed by atoms with Gasteiger partial charge in [0.1, 0.15) is 5.78 Å². The van der Waals surface area contributed by atoms with Crippen LogP contribution in [-0.2, 0) is 4.79 Å². The molecule has 2 aliphatic heterocycles. The molecule has 1 N–H and O–H groups in total. The van der Waals surface area contributed by atoms with Crippen LogP contribution in [0, 0.1) is 5.92 Å². The van der Waals surface area contributed by atoms with E-state index in [1.54, 1.807) is 0 Å². The van der Waals surface area contributed by atoms with Crippen LogP contribution in [0.3, 0.4) is 0 Å². The smallest absolute Gasteiger partial charge is 0.310 e. The highest BCUT2D eigenvalue weighted by molar-refractivity contribution is 5.81. The van der Waals surface area contributed by atoms with Crippen molar-refractivity contribution in [2.45, 2.75) is 37.5 Å². The maximum atomic E-state index is 12.4. The molecule has 2 rings (SSSR count). The number of Topliss-reactive ketones (excluding diaryl/α,β-unsaturated/α-hetero) is 1. The molecule has 74 valence electrons. The summed E-state index contributed by atoms with van der Waals surface area (Å²) < 4.78 is 37.1. The van der Waals surface area contributed by atoms with E-state index in [9.17, 15) is 18.0 Å². The molecule has 3 atom stereocenters. The van der Waals surface area contributed by atoms with E-state index < -0.39 is 18.1 Å². The van der Waals surface area contributed by atoms with Crippen LogP contribution in [0.25, 0.3) is 0 Å². The molecule has 0 spiro atoms. The van der Waals surface area contributed by atoms with E-state index in [2.05, 4.69) is 5.32 Å². The van der Waals surface area contributed by atoms with Crippen LogP contribution in [0.5, 0.6) is 0 Å². The van der Waals surface area contributed by atoms with Crippen molar-refractivity contribution in [1.82, 2.24) is 5.32 Å². The number of carbonyl (C=O) groups is 1. The van der Waals surface area contributed by atoms with Crippen molar-refractivity contribution in [2.24, 2.45) is 5.92 Å². The first-order valence-corrected chi connectivity index (χ1v) is 4.31. The van der Waals surface area contributed by atoms with Crippen LogP contribution in [0.2, 0.25) is 0 Å². The Morgan fingerprint density at radius 3 is 2.62 bits per heavy atom. The fourth-order valence-corrected chi connectivity index (χ4v) is 2.27. The zero-order valence-corrected chi connectivity index (χ0v) is 6.90. The summed E-state index contributed by atoms with van der Waals surface area (Å²) in [6, 6.07) is -0.899. The van der Waals surface area contributed by atoms with Gasteiger partial charge in [0.05, 0.1) is 5.92 Å². The Labute approximate surface area is 73.5 Å². The van der Waals surface area contributed by atoms with Gasteiger partial charge in [-0.2, -0.15) is 13.2 Å². The van der Waals surface area contributed by atoms with E-state index >= 15 is 0 Å². The molecule has 0 saturated carbocycles. The summed E-state index contributed by atoms with van der Waals surface area (Å²) in [5.41, 5.74) is 0. The van der Waals surface area contributed by atoms with Crippen LogP contribution in [-0.4, -0.2) is 24.0 Å². The number of hydrogen-bond donors (Lipinski definition) is 1. The molecule has 0 aromatic rings. The Kier molecular flexibility index (Phi) is 1.87. The second kappa shape index (κ2) is 2.70. The fourth-order valence-electron chi connectivity index (χ4n) is 2.27. The van der Waals surface area contributed by atoms with Crippen LogP contribution in [0.1, 0.15) is 19.3 Å². The minimum atomic E-state index is -4.16. The van der Waals surface area contributed by atoms with Crippen molar-refractivity contribution in [2.75, 3.05) is 0 Å². The topological polar surface area (TPSA) is 29.1 Å². The highest BCUT2D eigenvalue weighted by Crippen LogP contribution is 2.40. The first-order chi connectivity index (χ1) is 5.97. The van der Waals surface area contributed by atoms with E-state index in [4.69, 9.17) is 0 Å². The standard InChI is InChI=1S/C8H10F3NO/c9-8(10,11)6-2-4-1-5(13)3-7(6)12-4/h4,6-7,12H,1-3H2. The molecule has 2 bridgehead atoms. The molecule has 2 saturated heterocycles. The number of alkyl halides is 3. The Morgan fingerprint density at radius 1 is 1.31 bits per heavy atom. The SMILES string of the molecule is O=C1CC2CC(C(F)(F)F)C(C1)N2. The Morgan fingerprint density at radius 2 is 2.00 bits per heavy atom. The van der Waals surface area contributed by atoms with Crippen molar-refractivity contribution in [3.8, 4) is 0 Å². The fraction of sp³-hybridized carbons (Fsp3) is 0.875. The van der Waals surface area contributed by atoms with Gasteiger partial charge in [-0.3, -0.25) is 4.79 Å². The van der Waals surface area contributed by atoms with Crippen LogP contribution >= 0.6 is 0 Å². The van der Waals surface area contributed by atoms with E-state index in [1.165, 1.54) is 0 Å². The zero-order chi connectivity index (χ0) is 9.64. The number of nitrogens with one attached hydrogen (secondary N) is 1. The molecule has 2 aliphatic rings. The molecule has 0 aromatic heterocycles. The summed E-state index contributed by atoms with van der Waals surface area (Å²) in [5.74, 6) is -1.36. The van der Waals surface area contributed by atoms with Gasteiger partial charge >= 0.3 is 6.18 Å². The average molecular weight is 193 g/mol. The summed E-state index contributed by atoms with van der Waals surface area (Å²) >= 11 is 0. The van der Waals surface area contributed by atoms with Crippen LogP contribution < -0.4 is 5.32 Å². The van der Waals surface area contributed by atoms with Gasteiger partial charge in [0.15, 0.2) is 0 Å². The van der Waals surface area contributed by atoms with Gasteiger partial charge in [-0.05, 0) is 6.42 Å². The Hall–Kier alpha value is -0.580. The molecule has 0 aliphatic carbocycles. The van der Waals surface area contributed by atoms with Gasteiger partial charge in [-0.25, -0.2) is 0 Å². The minimum Gasteiger partial charge on any atom is -0.310 e. The zero-order valence-electron chi connectivity index (χ0n) is 6.90. The van der Waals surface area contributed by atoms with E-state index in [0.29, 0.717) is 0 Å². The second-order valence-electron chi connectivity index (χ2n) is 3.80. The molecule has 3 unspecified atom stereocenters. The maximum Gasteiger partial charge on any atom is 0.393 e. The number of halogens is 3. The number of fused-ring (bicyclic) bond motifs is 2. The lowest BCUT2D eigenvalue weighted by Gasteiger charge is -2.23. The van der Waals surface area contributed by atoms with E-state index in [-0.39, 0.29) is 31.1 Å². The Bertz CT molecular complexity index is 238. The molecule has 0 amide bonds. The number of rotatable bonds is 0. The molecule has 13 heavy (non-hydrogen) atoms. The molecule has 2 nitrogen and oxygen atoms in total. The summed E-state index contributed by atoms with van der Waals surface area (Å²) in [5, 5.41) is 2.84. The number of hydrogen-bond acceptors (Lipinski definition) is 2. The van der Waals surface area contributed by atoms with Gasteiger partial charge in [0.25, 0.3) is 0 Å². The lowest BCUT2D eigenvalue weighted by atomic mass is 9.98. The predicted octanol–water partition coefficient (Wildman–Crippen LogP) is 1.26. The largest absolute Gasteiger partial charge is 0.393 e. The van der Waals surface area contributed by atoms with Gasteiger partial charge in [0.2, 0.25) is 0 Å². The number of piperidine rings is 1. The number of carbonyl (C=O) groups excluding carboxylic acids is 1. The highest BCUT2D eigenvalue weighted by Gasteiger charge is 2.52. The summed E-state index contributed by atoms with van der Waals surface area (Å²) in [7, 11) is 0. The van der Waals surface area contributed by atoms with Crippen LogP contribution in [0.4, 0.5) is 13.2 Å². The highest BCUT2D eigenvalue weighted by atomic mass is 19.4. The van der Waals surface area contributed by atoms with Gasteiger partial charge in [-0.15, -0.1) is 0 Å². The van der Waals surface area contributed by atoms with Crippen LogP contribution in [0.15, 0.2) is 0 Å². The molecule has 5 heteroatoms. The summed E-state index contributed by atoms with van der Waals surface area (Å²) in [4.78, 5) is 11.0. The maximum absolute atomic E-state index is 12.4. The van der Waals surface area contributed by atoms with E-state index in [1.807, 2.05) is 0 Å². The Balaban J connectivity index is 2.14. The molecular weight excluding hydrogens is 183 g/mol. The molecule has 2 fully saturated rings. The van der Waals surface area contributed by atoms with Crippen molar-refractivity contribution in [3.05, 3.63) is 0 Å². The first kappa shape index (κ1) is 8.99. The molecule has 0 radical (unpaired) electrons. The molecule has 0 aromatic carbocycles. The van der Waals surface area contributed by atoms with Crippen molar-refractivity contribution in [3.63, 3.8) is 0 Å². The van der Waals surface area contributed by atoms with Crippen molar-refractivity contribution in [1.29, 1.82) is 0 Å². The second-order valence-corrected chi connectivity index (χ2v) is 3.80. The quantitative estimate of drug-likeness (QED) is 0.627. The predicted molar refractivity (Wildman–Crippen MR) is 39.1 cm³/mol. The van der Waals surface area contributed by atoms with E-state index in [0.717, 1.165) is 0 Å². The summed E-state index contributed by atoms with van der Waals surface area (Å²) in [6.45, 7) is 0. The monoisotopic (exact) mass is 193 g/mol. The molecular formula is C8H10F3NO. The van der Waals surface area contributed by atoms with Gasteiger partial charge < -0.3 is 5.32 Å². The van der Waals surface area contributed by atoms with Crippen molar-refractivity contribution < 1.29 is 18.0 Å². The minimum absolute atomic E-state index is 0.0412. The lowest BCUT2D eigenvalue weighted by Crippen LogP contribution is -2.42. The lowest BCUT2D eigenvalue weighted by molar-refractivity contribution is -0.176. The molecule has 2 heterocycles. The third-order valence-corrected chi connectivity index (χ3v) is 2.82. The average Bonchev–Trinajstić information content (AvgIpc) is 2.24. The van der Waals surface area contributed by atoms with Gasteiger partial charge in [0, 0.05) is 24.9 Å².